The third kappa shape index (κ3) is 4.99. The molecule has 0 amide bonds. The van der Waals surface area contributed by atoms with Crippen LogP contribution in [-0.4, -0.2) is 6.54 Å². The van der Waals surface area contributed by atoms with Crippen LogP contribution in [-0.2, 0) is 13.2 Å². The van der Waals surface area contributed by atoms with Crippen molar-refractivity contribution in [2.24, 2.45) is 0 Å². The highest BCUT2D eigenvalue weighted by Gasteiger charge is 2.05. The predicted molar refractivity (Wildman–Crippen MR) is 87.3 cm³/mol. The molecule has 2 rings (SSSR count). The van der Waals surface area contributed by atoms with Crippen LogP contribution >= 0.6 is 27.5 Å². The fourth-order valence-electron chi connectivity index (χ4n) is 1.90. The highest BCUT2D eigenvalue weighted by atomic mass is 79.9. The van der Waals surface area contributed by atoms with Crippen molar-refractivity contribution < 1.29 is 9.13 Å². The van der Waals surface area contributed by atoms with E-state index in [1.807, 2.05) is 24.3 Å². The van der Waals surface area contributed by atoms with Crippen LogP contribution in [0, 0.1) is 5.82 Å². The lowest BCUT2D eigenvalue weighted by Gasteiger charge is -2.10. The molecule has 2 nitrogen and oxygen atoms in total. The van der Waals surface area contributed by atoms with Gasteiger partial charge in [-0.1, -0.05) is 40.5 Å². The molecule has 0 fully saturated rings. The summed E-state index contributed by atoms with van der Waals surface area (Å²) in [6.45, 7) is 4.00. The average molecular weight is 373 g/mol. The Hall–Kier alpha value is -1.10. The Kier molecular flexibility index (Phi) is 6.03. The standard InChI is InChI=1S/C16H16BrClFNO/c1-2-20-9-11-3-4-16(15(18)7-11)21-10-12-5-13(17)8-14(19)6-12/h3-8,20H,2,9-10H2,1H3. The quantitative estimate of drug-likeness (QED) is 0.776. The zero-order valence-electron chi connectivity index (χ0n) is 11.6. The summed E-state index contributed by atoms with van der Waals surface area (Å²) in [5.41, 5.74) is 1.84. The minimum absolute atomic E-state index is 0.267. The molecule has 0 radical (unpaired) electrons. The van der Waals surface area contributed by atoms with E-state index in [0.717, 1.165) is 24.2 Å². The van der Waals surface area contributed by atoms with Crippen LogP contribution in [0.15, 0.2) is 40.9 Å². The first kappa shape index (κ1) is 16.3. The van der Waals surface area contributed by atoms with Crippen LogP contribution < -0.4 is 10.1 Å². The second-order valence-electron chi connectivity index (χ2n) is 4.61. The molecule has 0 saturated carbocycles. The van der Waals surface area contributed by atoms with Gasteiger partial charge in [0.2, 0.25) is 0 Å². The molecule has 112 valence electrons. The minimum Gasteiger partial charge on any atom is -0.487 e. The van der Waals surface area contributed by atoms with Crippen LogP contribution in [0.3, 0.4) is 0 Å². The van der Waals surface area contributed by atoms with Crippen LogP contribution in [0.4, 0.5) is 4.39 Å². The van der Waals surface area contributed by atoms with Crippen LogP contribution in [0.5, 0.6) is 5.75 Å². The number of ether oxygens (including phenoxy) is 1. The van der Waals surface area contributed by atoms with E-state index in [0.29, 0.717) is 15.2 Å². The molecular weight excluding hydrogens is 357 g/mol. The molecule has 0 atom stereocenters. The molecule has 0 aliphatic rings. The zero-order chi connectivity index (χ0) is 15.2. The first-order chi connectivity index (χ1) is 10.1. The van der Waals surface area contributed by atoms with Gasteiger partial charge in [0.05, 0.1) is 5.02 Å². The molecular formula is C16H16BrClFNO. The van der Waals surface area contributed by atoms with Gasteiger partial charge in [-0.3, -0.25) is 0 Å². The molecule has 5 heteroatoms. The highest BCUT2D eigenvalue weighted by molar-refractivity contribution is 9.10. The summed E-state index contributed by atoms with van der Waals surface area (Å²) < 4.78 is 19.6. The Morgan fingerprint density at radius 2 is 2.00 bits per heavy atom. The molecule has 0 aliphatic heterocycles. The summed E-state index contributed by atoms with van der Waals surface area (Å²) in [5.74, 6) is 0.298. The van der Waals surface area contributed by atoms with E-state index >= 15 is 0 Å². The van der Waals surface area contributed by atoms with E-state index in [1.54, 1.807) is 0 Å². The Morgan fingerprint density at radius 3 is 2.67 bits per heavy atom. The maximum absolute atomic E-state index is 13.3. The summed E-state index contributed by atoms with van der Waals surface area (Å²) in [6.07, 6.45) is 0. The third-order valence-corrected chi connectivity index (χ3v) is 3.65. The summed E-state index contributed by atoms with van der Waals surface area (Å²) in [4.78, 5) is 0. The molecule has 0 aromatic heterocycles. The van der Waals surface area contributed by atoms with Crippen LogP contribution in [0.1, 0.15) is 18.1 Å². The summed E-state index contributed by atoms with van der Waals surface area (Å²) in [7, 11) is 0. The summed E-state index contributed by atoms with van der Waals surface area (Å²) >= 11 is 9.46. The van der Waals surface area contributed by atoms with Crippen molar-refractivity contribution in [3.8, 4) is 5.75 Å². The monoisotopic (exact) mass is 371 g/mol. The Balaban J connectivity index is 2.02. The number of benzene rings is 2. The summed E-state index contributed by atoms with van der Waals surface area (Å²) in [5, 5.41) is 3.79. The fraction of sp³-hybridized carbons (Fsp3) is 0.250. The summed E-state index contributed by atoms with van der Waals surface area (Å²) in [6, 6.07) is 10.3. The number of hydrogen-bond donors (Lipinski definition) is 1. The van der Waals surface area contributed by atoms with Crippen molar-refractivity contribution in [2.45, 2.75) is 20.1 Å². The topological polar surface area (TPSA) is 21.3 Å². The first-order valence-electron chi connectivity index (χ1n) is 6.65. The van der Waals surface area contributed by atoms with Gasteiger partial charge in [-0.2, -0.15) is 0 Å². The van der Waals surface area contributed by atoms with Gasteiger partial charge in [0.15, 0.2) is 0 Å². The van der Waals surface area contributed by atoms with E-state index in [4.69, 9.17) is 16.3 Å². The fourth-order valence-corrected chi connectivity index (χ4v) is 2.67. The van der Waals surface area contributed by atoms with Gasteiger partial charge in [0.25, 0.3) is 0 Å². The largest absolute Gasteiger partial charge is 0.487 e. The third-order valence-electron chi connectivity index (χ3n) is 2.89. The minimum atomic E-state index is -0.296. The number of halogens is 3. The van der Waals surface area contributed by atoms with E-state index in [9.17, 15) is 4.39 Å². The van der Waals surface area contributed by atoms with E-state index in [1.165, 1.54) is 12.1 Å². The Labute approximate surface area is 137 Å². The molecule has 21 heavy (non-hydrogen) atoms. The predicted octanol–water partition coefficient (Wildman–Crippen LogP) is 4.93. The van der Waals surface area contributed by atoms with Gasteiger partial charge in [0, 0.05) is 11.0 Å². The Morgan fingerprint density at radius 1 is 1.19 bits per heavy atom. The van der Waals surface area contributed by atoms with Crippen molar-refractivity contribution in [3.63, 3.8) is 0 Å². The van der Waals surface area contributed by atoms with Crippen molar-refractivity contribution in [2.75, 3.05) is 6.54 Å². The maximum atomic E-state index is 13.3. The molecule has 1 N–H and O–H groups in total. The van der Waals surface area contributed by atoms with Crippen LogP contribution in [0.25, 0.3) is 0 Å². The molecule has 0 unspecified atom stereocenters. The van der Waals surface area contributed by atoms with Gasteiger partial charge in [-0.05, 0) is 48.0 Å². The second-order valence-corrected chi connectivity index (χ2v) is 5.93. The van der Waals surface area contributed by atoms with E-state index in [-0.39, 0.29) is 12.4 Å². The molecule has 0 spiro atoms. The van der Waals surface area contributed by atoms with Gasteiger partial charge < -0.3 is 10.1 Å². The van der Waals surface area contributed by atoms with Crippen molar-refractivity contribution in [3.05, 3.63) is 62.8 Å². The number of rotatable bonds is 6. The van der Waals surface area contributed by atoms with Gasteiger partial charge in [-0.25, -0.2) is 4.39 Å². The average Bonchev–Trinajstić information content (AvgIpc) is 2.43. The lowest BCUT2D eigenvalue weighted by atomic mass is 10.2. The zero-order valence-corrected chi connectivity index (χ0v) is 14.0. The Bertz CT molecular complexity index is 601. The molecule has 0 heterocycles. The van der Waals surface area contributed by atoms with Crippen molar-refractivity contribution in [1.29, 1.82) is 0 Å². The smallest absolute Gasteiger partial charge is 0.138 e. The van der Waals surface area contributed by atoms with E-state index < -0.39 is 0 Å². The van der Waals surface area contributed by atoms with Crippen LogP contribution in [0.2, 0.25) is 5.02 Å². The maximum Gasteiger partial charge on any atom is 0.138 e. The van der Waals surface area contributed by atoms with Crippen molar-refractivity contribution >= 4 is 27.5 Å². The lowest BCUT2D eigenvalue weighted by molar-refractivity contribution is 0.305. The molecule has 2 aromatic carbocycles. The molecule has 2 aromatic rings. The van der Waals surface area contributed by atoms with E-state index in [2.05, 4.69) is 28.2 Å². The molecule has 0 aliphatic carbocycles. The molecule has 0 saturated heterocycles. The van der Waals surface area contributed by atoms with Gasteiger partial charge in [-0.15, -0.1) is 0 Å². The first-order valence-corrected chi connectivity index (χ1v) is 7.82. The second kappa shape index (κ2) is 7.78. The lowest BCUT2D eigenvalue weighted by Crippen LogP contribution is -2.11. The van der Waals surface area contributed by atoms with Gasteiger partial charge >= 0.3 is 0 Å². The van der Waals surface area contributed by atoms with Crippen molar-refractivity contribution in [1.82, 2.24) is 5.32 Å². The number of hydrogen-bond acceptors (Lipinski definition) is 2. The van der Waals surface area contributed by atoms with Gasteiger partial charge in [0.1, 0.15) is 18.2 Å². The highest BCUT2D eigenvalue weighted by Crippen LogP contribution is 2.26. The normalized spacial score (nSPS) is 10.7. The molecule has 0 bridgehead atoms. The SMILES string of the molecule is CCNCc1ccc(OCc2cc(F)cc(Br)c2)c(Cl)c1. The number of nitrogens with one attached hydrogen (secondary N) is 1.